The molecule has 3 heterocycles. The Morgan fingerprint density at radius 1 is 1.19 bits per heavy atom. The highest BCUT2D eigenvalue weighted by atomic mass is 19.1. The number of hydrogen-bond donors (Lipinski definition) is 2. The molecular formula is C22H25FN8O. The van der Waals surface area contributed by atoms with Crippen molar-refractivity contribution in [3.8, 4) is 22.8 Å². The van der Waals surface area contributed by atoms with Crippen molar-refractivity contribution in [1.29, 1.82) is 0 Å². The molecule has 4 rings (SSSR count). The van der Waals surface area contributed by atoms with Gasteiger partial charge in [0.25, 0.3) is 0 Å². The van der Waals surface area contributed by atoms with E-state index in [1.54, 1.807) is 37.8 Å². The van der Waals surface area contributed by atoms with E-state index in [4.69, 9.17) is 5.73 Å². The van der Waals surface area contributed by atoms with Crippen LogP contribution in [0, 0.1) is 19.7 Å². The summed E-state index contributed by atoms with van der Waals surface area (Å²) >= 11 is 0. The van der Waals surface area contributed by atoms with E-state index in [0.717, 1.165) is 16.7 Å². The molecule has 3 N–H and O–H groups in total. The third-order valence-electron chi connectivity index (χ3n) is 5.38. The van der Waals surface area contributed by atoms with Gasteiger partial charge >= 0.3 is 0 Å². The highest BCUT2D eigenvalue weighted by Gasteiger charge is 2.22. The standard InChI is InChI=1S/C22H25FN8O/c1-12-7-6-8-15(13(12)2)21-25-19(18(23)20(24)26-21)16-11-31(29-27-16)10-14-9-17(22(3,4)32)30(5)28-14/h6-9,11,32H,10H2,1-5H3,(H2,24,25,26). The summed E-state index contributed by atoms with van der Waals surface area (Å²) in [5.41, 5.74) is 9.24. The number of aromatic nitrogens is 7. The topological polar surface area (TPSA) is 121 Å². The van der Waals surface area contributed by atoms with E-state index >= 15 is 0 Å². The van der Waals surface area contributed by atoms with E-state index in [0.29, 0.717) is 23.8 Å². The highest BCUT2D eigenvalue weighted by molar-refractivity contribution is 5.67. The fourth-order valence-electron chi connectivity index (χ4n) is 3.57. The average Bonchev–Trinajstić information content (AvgIpc) is 3.32. The number of rotatable bonds is 5. The average molecular weight is 436 g/mol. The maximum Gasteiger partial charge on any atom is 0.193 e. The van der Waals surface area contributed by atoms with Crippen LogP contribution in [-0.2, 0) is 19.2 Å². The number of benzene rings is 1. The first-order chi connectivity index (χ1) is 15.0. The smallest absolute Gasteiger partial charge is 0.193 e. The monoisotopic (exact) mass is 436 g/mol. The molecule has 0 saturated heterocycles. The van der Waals surface area contributed by atoms with Gasteiger partial charge in [-0.3, -0.25) is 4.68 Å². The van der Waals surface area contributed by atoms with Gasteiger partial charge in [0.15, 0.2) is 17.5 Å². The minimum absolute atomic E-state index is 0.0159. The largest absolute Gasteiger partial charge is 0.384 e. The van der Waals surface area contributed by atoms with Crippen molar-refractivity contribution in [2.45, 2.75) is 39.8 Å². The van der Waals surface area contributed by atoms with Gasteiger partial charge < -0.3 is 10.8 Å². The molecule has 4 aromatic rings. The van der Waals surface area contributed by atoms with Crippen LogP contribution in [0.4, 0.5) is 10.2 Å². The zero-order valence-electron chi connectivity index (χ0n) is 18.6. The maximum absolute atomic E-state index is 14.8. The zero-order valence-corrected chi connectivity index (χ0v) is 18.6. The summed E-state index contributed by atoms with van der Waals surface area (Å²) in [4.78, 5) is 8.55. The highest BCUT2D eigenvalue weighted by Crippen LogP contribution is 2.28. The van der Waals surface area contributed by atoms with Crippen molar-refractivity contribution >= 4 is 5.82 Å². The van der Waals surface area contributed by atoms with Gasteiger partial charge in [0.05, 0.1) is 24.1 Å². The van der Waals surface area contributed by atoms with Crippen LogP contribution in [-0.4, -0.2) is 39.8 Å². The summed E-state index contributed by atoms with van der Waals surface area (Å²) in [6.07, 6.45) is 1.58. The van der Waals surface area contributed by atoms with Crippen LogP contribution in [0.3, 0.4) is 0 Å². The van der Waals surface area contributed by atoms with Crippen molar-refractivity contribution in [2.24, 2.45) is 7.05 Å². The lowest BCUT2D eigenvalue weighted by molar-refractivity contribution is 0.0695. The molecule has 166 valence electrons. The second-order valence-corrected chi connectivity index (χ2v) is 8.35. The molecule has 0 atom stereocenters. The Morgan fingerprint density at radius 2 is 1.94 bits per heavy atom. The van der Waals surface area contributed by atoms with Crippen molar-refractivity contribution < 1.29 is 9.50 Å². The third kappa shape index (κ3) is 3.96. The molecule has 0 saturated carbocycles. The molecule has 0 radical (unpaired) electrons. The van der Waals surface area contributed by atoms with Crippen LogP contribution in [0.25, 0.3) is 22.8 Å². The summed E-state index contributed by atoms with van der Waals surface area (Å²) in [6, 6.07) is 7.55. The van der Waals surface area contributed by atoms with E-state index < -0.39 is 11.4 Å². The van der Waals surface area contributed by atoms with Crippen LogP contribution in [0.5, 0.6) is 0 Å². The molecule has 10 heteroatoms. The van der Waals surface area contributed by atoms with Gasteiger partial charge in [0, 0.05) is 12.6 Å². The molecule has 9 nitrogen and oxygen atoms in total. The van der Waals surface area contributed by atoms with Gasteiger partial charge in [-0.05, 0) is 44.9 Å². The SMILES string of the molecule is Cc1cccc(-c2nc(N)c(F)c(-c3cn(Cc4cc(C(C)(C)O)n(C)n4)nn3)n2)c1C. The van der Waals surface area contributed by atoms with E-state index in [1.807, 2.05) is 32.0 Å². The Morgan fingerprint density at radius 3 is 2.62 bits per heavy atom. The van der Waals surface area contributed by atoms with Crippen molar-refractivity contribution in [3.05, 3.63) is 58.8 Å². The number of halogens is 1. The van der Waals surface area contributed by atoms with Gasteiger partial charge in [-0.2, -0.15) is 5.10 Å². The minimum atomic E-state index is -1.03. The summed E-state index contributed by atoms with van der Waals surface area (Å²) in [5.74, 6) is -0.664. The summed E-state index contributed by atoms with van der Waals surface area (Å²) in [7, 11) is 1.76. The van der Waals surface area contributed by atoms with Gasteiger partial charge in [0.2, 0.25) is 0 Å². The molecule has 32 heavy (non-hydrogen) atoms. The molecule has 0 bridgehead atoms. The Hall–Kier alpha value is -3.66. The Labute approximate surface area is 184 Å². The molecule has 1 aromatic carbocycles. The Kier molecular flexibility index (Phi) is 5.25. The number of aryl methyl sites for hydroxylation is 2. The number of hydrogen-bond acceptors (Lipinski definition) is 7. The third-order valence-corrected chi connectivity index (χ3v) is 5.38. The first kappa shape index (κ1) is 21.6. The first-order valence-electron chi connectivity index (χ1n) is 10.1. The van der Waals surface area contributed by atoms with Crippen LogP contribution in [0.2, 0.25) is 0 Å². The molecule has 0 amide bonds. The van der Waals surface area contributed by atoms with E-state index in [2.05, 4.69) is 25.4 Å². The van der Waals surface area contributed by atoms with Crippen molar-refractivity contribution in [2.75, 3.05) is 5.73 Å². The summed E-state index contributed by atoms with van der Waals surface area (Å²) in [6.45, 7) is 7.62. The fraction of sp³-hybridized carbons (Fsp3) is 0.318. The number of nitrogens with two attached hydrogens (primary N) is 1. The van der Waals surface area contributed by atoms with Crippen LogP contribution < -0.4 is 5.73 Å². The van der Waals surface area contributed by atoms with E-state index in [-0.39, 0.29) is 17.2 Å². The molecule has 0 spiro atoms. The lowest BCUT2D eigenvalue weighted by atomic mass is 10.0. The second kappa shape index (κ2) is 7.79. The van der Waals surface area contributed by atoms with E-state index in [1.165, 1.54) is 4.68 Å². The number of anilines is 1. The first-order valence-corrected chi connectivity index (χ1v) is 10.1. The predicted octanol–water partition coefficient (Wildman–Crippen LogP) is 2.75. The summed E-state index contributed by atoms with van der Waals surface area (Å²) in [5, 5.41) is 22.8. The van der Waals surface area contributed by atoms with Gasteiger partial charge in [0.1, 0.15) is 17.0 Å². The number of nitrogen functional groups attached to an aromatic ring is 1. The van der Waals surface area contributed by atoms with E-state index in [9.17, 15) is 9.50 Å². The molecule has 0 aliphatic rings. The Bertz CT molecular complexity index is 1300. The zero-order chi connectivity index (χ0) is 23.2. The lowest BCUT2D eigenvalue weighted by Gasteiger charge is -2.16. The van der Waals surface area contributed by atoms with Crippen molar-refractivity contribution in [3.63, 3.8) is 0 Å². The fourth-order valence-corrected chi connectivity index (χ4v) is 3.57. The van der Waals surface area contributed by atoms with Crippen LogP contribution in [0.1, 0.15) is 36.4 Å². The molecular weight excluding hydrogens is 411 g/mol. The lowest BCUT2D eigenvalue weighted by Crippen LogP contribution is -2.19. The van der Waals surface area contributed by atoms with Gasteiger partial charge in [-0.1, -0.05) is 23.4 Å². The number of aliphatic hydroxyl groups is 1. The maximum atomic E-state index is 14.8. The minimum Gasteiger partial charge on any atom is -0.384 e. The summed E-state index contributed by atoms with van der Waals surface area (Å²) < 4.78 is 18.0. The van der Waals surface area contributed by atoms with Crippen LogP contribution in [0.15, 0.2) is 30.5 Å². The number of nitrogens with zero attached hydrogens (tertiary/aromatic N) is 7. The van der Waals surface area contributed by atoms with Crippen molar-refractivity contribution in [1.82, 2.24) is 34.7 Å². The molecule has 0 aliphatic carbocycles. The second-order valence-electron chi connectivity index (χ2n) is 8.35. The predicted molar refractivity (Wildman–Crippen MR) is 118 cm³/mol. The quantitative estimate of drug-likeness (QED) is 0.493. The molecule has 0 fully saturated rings. The molecule has 3 aromatic heterocycles. The normalized spacial score (nSPS) is 11.8. The van der Waals surface area contributed by atoms with Gasteiger partial charge in [-0.15, -0.1) is 5.10 Å². The molecule has 0 unspecified atom stereocenters. The van der Waals surface area contributed by atoms with Gasteiger partial charge in [-0.25, -0.2) is 19.0 Å². The molecule has 0 aliphatic heterocycles. The van der Waals surface area contributed by atoms with Crippen LogP contribution >= 0.6 is 0 Å². The Balaban J connectivity index is 1.69.